The molecular formula is C10H14N2O4. The SMILES string of the molecule is COCC(C)(C(=O)O)n1cnc(C)cc1=O. The fourth-order valence-corrected chi connectivity index (χ4v) is 1.38. The molecule has 0 aliphatic carbocycles. The Bertz CT molecular complexity index is 454. The smallest absolute Gasteiger partial charge is 0.332 e. The van der Waals surface area contributed by atoms with Crippen LogP contribution in [0.5, 0.6) is 0 Å². The van der Waals surface area contributed by atoms with E-state index in [2.05, 4.69) is 4.98 Å². The van der Waals surface area contributed by atoms with E-state index in [1.165, 1.54) is 26.4 Å². The minimum Gasteiger partial charge on any atom is -0.479 e. The lowest BCUT2D eigenvalue weighted by Crippen LogP contribution is -2.48. The molecule has 1 atom stereocenters. The van der Waals surface area contributed by atoms with Gasteiger partial charge in [0.05, 0.1) is 12.9 Å². The van der Waals surface area contributed by atoms with Crippen molar-refractivity contribution in [3.8, 4) is 0 Å². The topological polar surface area (TPSA) is 81.4 Å². The second-order valence-corrected chi connectivity index (χ2v) is 3.75. The van der Waals surface area contributed by atoms with Gasteiger partial charge in [-0.1, -0.05) is 0 Å². The minimum atomic E-state index is -1.44. The largest absolute Gasteiger partial charge is 0.479 e. The Kier molecular flexibility index (Phi) is 3.44. The number of rotatable bonds is 4. The molecular weight excluding hydrogens is 212 g/mol. The summed E-state index contributed by atoms with van der Waals surface area (Å²) in [5, 5.41) is 9.14. The van der Waals surface area contributed by atoms with Crippen molar-refractivity contribution in [3.05, 3.63) is 28.4 Å². The number of carboxylic acids is 1. The van der Waals surface area contributed by atoms with E-state index in [0.717, 1.165) is 4.57 Å². The first kappa shape index (κ1) is 12.4. The molecule has 1 heterocycles. The Labute approximate surface area is 92.5 Å². The van der Waals surface area contributed by atoms with Crippen molar-refractivity contribution in [1.29, 1.82) is 0 Å². The molecule has 0 bridgehead atoms. The number of hydrogen-bond donors (Lipinski definition) is 1. The molecule has 0 spiro atoms. The number of aromatic nitrogens is 2. The Morgan fingerprint density at radius 3 is 2.75 bits per heavy atom. The summed E-state index contributed by atoms with van der Waals surface area (Å²) in [6.07, 6.45) is 1.23. The van der Waals surface area contributed by atoms with Crippen molar-refractivity contribution in [2.75, 3.05) is 13.7 Å². The van der Waals surface area contributed by atoms with Gasteiger partial charge in [-0.05, 0) is 13.8 Å². The van der Waals surface area contributed by atoms with Crippen LogP contribution < -0.4 is 5.56 Å². The Balaban J connectivity index is 3.32. The van der Waals surface area contributed by atoms with E-state index >= 15 is 0 Å². The summed E-state index contributed by atoms with van der Waals surface area (Å²) in [7, 11) is 1.38. The molecule has 0 radical (unpaired) electrons. The van der Waals surface area contributed by atoms with Crippen LogP contribution >= 0.6 is 0 Å². The molecule has 0 fully saturated rings. The molecule has 1 aromatic heterocycles. The van der Waals surface area contributed by atoms with E-state index in [4.69, 9.17) is 9.84 Å². The van der Waals surface area contributed by atoms with Gasteiger partial charge in [-0.3, -0.25) is 9.36 Å². The summed E-state index contributed by atoms with van der Waals surface area (Å²) in [6.45, 7) is 2.98. The van der Waals surface area contributed by atoms with Crippen molar-refractivity contribution >= 4 is 5.97 Å². The number of carbonyl (C=O) groups is 1. The van der Waals surface area contributed by atoms with Crippen LogP contribution in [0.25, 0.3) is 0 Å². The molecule has 6 heteroatoms. The van der Waals surface area contributed by atoms with Gasteiger partial charge in [0.25, 0.3) is 5.56 Å². The highest BCUT2D eigenvalue weighted by molar-refractivity contribution is 5.76. The van der Waals surface area contributed by atoms with Gasteiger partial charge in [-0.25, -0.2) is 9.78 Å². The van der Waals surface area contributed by atoms with E-state index in [1.54, 1.807) is 6.92 Å². The highest BCUT2D eigenvalue weighted by atomic mass is 16.5. The van der Waals surface area contributed by atoms with Crippen LogP contribution in [0.15, 0.2) is 17.2 Å². The van der Waals surface area contributed by atoms with Crippen LogP contribution in [0.4, 0.5) is 0 Å². The predicted molar refractivity (Wildman–Crippen MR) is 56.4 cm³/mol. The quantitative estimate of drug-likeness (QED) is 0.781. The van der Waals surface area contributed by atoms with Crippen LogP contribution in [0.2, 0.25) is 0 Å². The fourth-order valence-electron chi connectivity index (χ4n) is 1.38. The monoisotopic (exact) mass is 226 g/mol. The van der Waals surface area contributed by atoms with Gasteiger partial charge in [-0.2, -0.15) is 0 Å². The molecule has 1 unspecified atom stereocenters. The molecule has 0 aliphatic heterocycles. The Morgan fingerprint density at radius 2 is 2.31 bits per heavy atom. The number of hydrogen-bond acceptors (Lipinski definition) is 4. The fraction of sp³-hybridized carbons (Fsp3) is 0.500. The van der Waals surface area contributed by atoms with Gasteiger partial charge in [0, 0.05) is 18.9 Å². The number of methoxy groups -OCH3 is 1. The van der Waals surface area contributed by atoms with Crippen molar-refractivity contribution in [2.45, 2.75) is 19.4 Å². The molecule has 6 nitrogen and oxygen atoms in total. The van der Waals surface area contributed by atoms with Crippen LogP contribution in [-0.2, 0) is 15.1 Å². The van der Waals surface area contributed by atoms with Gasteiger partial charge in [0.1, 0.15) is 0 Å². The van der Waals surface area contributed by atoms with Crippen molar-refractivity contribution in [2.24, 2.45) is 0 Å². The van der Waals surface area contributed by atoms with Crippen LogP contribution in [0, 0.1) is 6.92 Å². The molecule has 0 saturated heterocycles. The van der Waals surface area contributed by atoms with Crippen molar-refractivity contribution in [3.63, 3.8) is 0 Å². The zero-order valence-corrected chi connectivity index (χ0v) is 9.43. The van der Waals surface area contributed by atoms with Gasteiger partial charge in [0.2, 0.25) is 0 Å². The molecule has 0 aliphatic rings. The molecule has 0 saturated carbocycles. The van der Waals surface area contributed by atoms with Crippen molar-refractivity contribution < 1.29 is 14.6 Å². The highest BCUT2D eigenvalue weighted by Crippen LogP contribution is 2.13. The number of carboxylic acid groups (broad SMARTS) is 1. The maximum absolute atomic E-state index is 11.7. The van der Waals surface area contributed by atoms with Crippen molar-refractivity contribution in [1.82, 2.24) is 9.55 Å². The van der Waals surface area contributed by atoms with Crippen LogP contribution in [0.1, 0.15) is 12.6 Å². The lowest BCUT2D eigenvalue weighted by Gasteiger charge is -2.25. The number of aryl methyl sites for hydroxylation is 1. The maximum Gasteiger partial charge on any atom is 0.332 e. The second kappa shape index (κ2) is 4.44. The molecule has 1 N–H and O–H groups in total. The number of nitrogens with zero attached hydrogens (tertiary/aromatic N) is 2. The van der Waals surface area contributed by atoms with Crippen LogP contribution in [0.3, 0.4) is 0 Å². The lowest BCUT2D eigenvalue weighted by atomic mass is 10.0. The first-order valence-electron chi connectivity index (χ1n) is 4.70. The summed E-state index contributed by atoms with van der Waals surface area (Å²) in [6, 6.07) is 1.29. The third-order valence-corrected chi connectivity index (χ3v) is 2.36. The Morgan fingerprint density at radius 1 is 1.69 bits per heavy atom. The minimum absolute atomic E-state index is 0.104. The summed E-state index contributed by atoms with van der Waals surface area (Å²) in [5.74, 6) is -1.14. The van der Waals surface area contributed by atoms with E-state index in [1.807, 2.05) is 0 Å². The van der Waals surface area contributed by atoms with E-state index in [9.17, 15) is 9.59 Å². The lowest BCUT2D eigenvalue weighted by molar-refractivity contribution is -0.149. The first-order valence-corrected chi connectivity index (χ1v) is 4.70. The third kappa shape index (κ3) is 2.11. The van der Waals surface area contributed by atoms with E-state index in [0.29, 0.717) is 5.69 Å². The zero-order valence-electron chi connectivity index (χ0n) is 9.43. The second-order valence-electron chi connectivity index (χ2n) is 3.75. The summed E-state index contributed by atoms with van der Waals surface area (Å²) >= 11 is 0. The maximum atomic E-state index is 11.7. The molecule has 88 valence electrons. The average molecular weight is 226 g/mol. The average Bonchev–Trinajstić information content (AvgIpc) is 2.17. The summed E-state index contributed by atoms with van der Waals surface area (Å²) < 4.78 is 5.90. The van der Waals surface area contributed by atoms with E-state index < -0.39 is 17.1 Å². The van der Waals surface area contributed by atoms with E-state index in [-0.39, 0.29) is 6.61 Å². The molecule has 0 aromatic carbocycles. The van der Waals surface area contributed by atoms with Gasteiger partial charge in [0.15, 0.2) is 5.54 Å². The summed E-state index contributed by atoms with van der Waals surface area (Å²) in [5.41, 5.74) is -1.30. The third-order valence-electron chi connectivity index (χ3n) is 2.36. The highest BCUT2D eigenvalue weighted by Gasteiger charge is 2.36. The molecule has 1 aromatic rings. The molecule has 1 rings (SSSR count). The number of aliphatic carboxylic acids is 1. The number of ether oxygens (including phenoxy) is 1. The standard InChI is InChI=1S/C10H14N2O4/c1-7-4-8(13)12(6-11-7)10(2,5-16-3)9(14)15/h4,6H,5H2,1-3H3,(H,14,15). The molecule has 0 amide bonds. The Hall–Kier alpha value is -1.69. The first-order chi connectivity index (χ1) is 7.41. The van der Waals surface area contributed by atoms with Gasteiger partial charge < -0.3 is 9.84 Å². The van der Waals surface area contributed by atoms with Gasteiger partial charge >= 0.3 is 5.97 Å². The van der Waals surface area contributed by atoms with Gasteiger partial charge in [-0.15, -0.1) is 0 Å². The summed E-state index contributed by atoms with van der Waals surface area (Å²) in [4.78, 5) is 26.8. The molecule has 16 heavy (non-hydrogen) atoms. The van der Waals surface area contributed by atoms with Crippen LogP contribution in [-0.4, -0.2) is 34.3 Å². The normalized spacial score (nSPS) is 14.4. The predicted octanol–water partition coefficient (Wildman–Crippen LogP) is -0.00208. The zero-order chi connectivity index (χ0) is 12.3.